The number of aryl methyl sites for hydroxylation is 4. The van der Waals surface area contributed by atoms with Crippen LogP contribution in [0.2, 0.25) is 0 Å². The van der Waals surface area contributed by atoms with E-state index in [-0.39, 0.29) is 0 Å². The molecule has 62 heavy (non-hydrogen) atoms. The third-order valence-corrected chi connectivity index (χ3v) is 12.4. The van der Waals surface area contributed by atoms with Gasteiger partial charge in [-0.25, -0.2) is 0 Å². The third-order valence-electron chi connectivity index (χ3n) is 12.4. The van der Waals surface area contributed by atoms with Gasteiger partial charge in [-0.15, -0.1) is 0 Å². The summed E-state index contributed by atoms with van der Waals surface area (Å²) in [4.78, 5) is 4.71. The lowest BCUT2D eigenvalue weighted by Gasteiger charge is -2.32. The molecule has 0 amide bonds. The quantitative estimate of drug-likeness (QED) is 0.144. The van der Waals surface area contributed by atoms with Crippen LogP contribution in [0.5, 0.6) is 0 Å². The largest absolute Gasteiger partial charge is 0.309 e. The Morgan fingerprint density at radius 1 is 0.323 bits per heavy atom. The fraction of sp³-hybridized carbons (Fsp3) is 0.0690. The maximum atomic E-state index is 10.2. The number of hydrogen-bond acceptors (Lipinski definition) is 4. The van der Waals surface area contributed by atoms with E-state index < -0.39 is 0 Å². The molecule has 4 heteroatoms. The lowest BCUT2D eigenvalue weighted by atomic mass is 9.91. The van der Waals surface area contributed by atoms with Crippen molar-refractivity contribution in [3.8, 4) is 34.4 Å². The lowest BCUT2D eigenvalue weighted by molar-refractivity contribution is 1.23. The van der Waals surface area contributed by atoms with E-state index in [1.807, 2.05) is 48.5 Å². The van der Waals surface area contributed by atoms with Crippen molar-refractivity contribution in [3.63, 3.8) is 0 Å². The fourth-order valence-electron chi connectivity index (χ4n) is 9.10. The monoisotopic (exact) mass is 794 g/mol. The van der Waals surface area contributed by atoms with Gasteiger partial charge in [0.25, 0.3) is 0 Å². The zero-order chi connectivity index (χ0) is 42.5. The second-order valence-electron chi connectivity index (χ2n) is 16.2. The van der Waals surface area contributed by atoms with Crippen LogP contribution in [-0.4, -0.2) is 0 Å². The van der Waals surface area contributed by atoms with Gasteiger partial charge in [0.15, 0.2) is 0 Å². The Balaban J connectivity index is 1.26. The molecule has 0 fully saturated rings. The number of hydrogen-bond donors (Lipinski definition) is 0. The molecule has 0 aliphatic heterocycles. The summed E-state index contributed by atoms with van der Waals surface area (Å²) in [5.41, 5.74) is 16.2. The Bertz CT molecular complexity index is 3200. The predicted molar refractivity (Wildman–Crippen MR) is 259 cm³/mol. The summed E-state index contributed by atoms with van der Waals surface area (Å²) in [7, 11) is 0. The molecule has 0 unspecified atom stereocenters. The predicted octanol–water partition coefficient (Wildman–Crippen LogP) is 15.8. The molecule has 4 nitrogen and oxygen atoms in total. The molecule has 10 rings (SSSR count). The van der Waals surface area contributed by atoms with Crippen LogP contribution in [0.25, 0.3) is 54.6 Å². The zero-order valence-electron chi connectivity index (χ0n) is 35.1. The smallest absolute Gasteiger partial charge is 0.0992 e. The number of benzene rings is 10. The summed E-state index contributed by atoms with van der Waals surface area (Å²) in [6.07, 6.45) is 0. The van der Waals surface area contributed by atoms with Crippen molar-refractivity contribution in [2.75, 3.05) is 9.80 Å². The van der Waals surface area contributed by atoms with E-state index in [0.717, 1.165) is 100 Å². The molecule has 0 spiro atoms. The van der Waals surface area contributed by atoms with Gasteiger partial charge in [-0.05, 0) is 142 Å². The van der Waals surface area contributed by atoms with Gasteiger partial charge < -0.3 is 9.80 Å². The number of nitrogens with zero attached hydrogens (tertiary/aromatic N) is 4. The minimum Gasteiger partial charge on any atom is -0.309 e. The highest BCUT2D eigenvalue weighted by atomic mass is 15.2. The van der Waals surface area contributed by atoms with E-state index in [1.54, 1.807) is 0 Å². The first-order valence-corrected chi connectivity index (χ1v) is 21.0. The van der Waals surface area contributed by atoms with Gasteiger partial charge >= 0.3 is 0 Å². The van der Waals surface area contributed by atoms with Crippen LogP contribution in [0, 0.1) is 50.4 Å². The van der Waals surface area contributed by atoms with E-state index in [2.05, 4.69) is 183 Å². The Morgan fingerprint density at radius 3 is 1.06 bits per heavy atom. The van der Waals surface area contributed by atoms with Crippen LogP contribution in [0.4, 0.5) is 34.1 Å². The summed E-state index contributed by atoms with van der Waals surface area (Å²) < 4.78 is 0. The molecule has 0 heterocycles. The third kappa shape index (κ3) is 6.47. The van der Waals surface area contributed by atoms with Crippen molar-refractivity contribution in [1.82, 2.24) is 0 Å². The molecule has 0 aliphatic carbocycles. The first-order valence-electron chi connectivity index (χ1n) is 21.0. The highest BCUT2D eigenvalue weighted by Gasteiger charge is 2.25. The van der Waals surface area contributed by atoms with Crippen molar-refractivity contribution < 1.29 is 0 Å². The molecule has 0 aromatic heterocycles. The van der Waals surface area contributed by atoms with Crippen molar-refractivity contribution in [3.05, 3.63) is 215 Å². The summed E-state index contributed by atoms with van der Waals surface area (Å²) in [6, 6.07) is 69.0. The Morgan fingerprint density at radius 2 is 0.677 bits per heavy atom. The van der Waals surface area contributed by atoms with Gasteiger partial charge in [-0.2, -0.15) is 10.5 Å². The van der Waals surface area contributed by atoms with E-state index in [9.17, 15) is 10.5 Å². The standard InChI is InChI=1S/C58H42N4/c1-37-15-19-41(35-59)31-53(37)61(55-33-47(21-17-39(55)3)43-11-7-5-8-12-43)51-29-25-45-24-28-50-52(30-26-46-23-27-49(51)57(45)58(46)50)62(54-32-42(36-60)20-16-38(54)2)56-34-48(22-18-40(56)4)44-13-9-6-10-14-44/h5-34H,1-4H3. The average molecular weight is 795 g/mol. The SMILES string of the molecule is Cc1ccc(C#N)cc1N(c1cc(-c2ccccc2)ccc1C)c1ccc2ccc3c(N(c4cc(C#N)ccc4C)c4cc(-c5ccccc5)ccc4C)ccc4ccc1c2c43. The van der Waals surface area contributed by atoms with Crippen LogP contribution >= 0.6 is 0 Å². The van der Waals surface area contributed by atoms with E-state index >= 15 is 0 Å². The minimum atomic E-state index is 0.609. The molecular weight excluding hydrogens is 753 g/mol. The van der Waals surface area contributed by atoms with E-state index in [1.165, 1.54) is 10.8 Å². The van der Waals surface area contributed by atoms with Gasteiger partial charge in [0.2, 0.25) is 0 Å². The first-order chi connectivity index (χ1) is 30.3. The highest BCUT2D eigenvalue weighted by molar-refractivity contribution is 6.28. The molecule has 0 saturated heterocycles. The second-order valence-corrected chi connectivity index (χ2v) is 16.2. The summed E-state index contributed by atoms with van der Waals surface area (Å²) in [5.74, 6) is 0. The number of nitriles is 2. The van der Waals surface area contributed by atoms with Gasteiger partial charge in [-0.1, -0.05) is 133 Å². The Labute approximate surface area is 362 Å². The van der Waals surface area contributed by atoms with Gasteiger partial charge in [0.1, 0.15) is 0 Å². The number of anilines is 6. The topological polar surface area (TPSA) is 54.1 Å². The van der Waals surface area contributed by atoms with Crippen LogP contribution < -0.4 is 9.80 Å². The van der Waals surface area contributed by atoms with Crippen LogP contribution in [0.3, 0.4) is 0 Å². The Hall–Kier alpha value is -8.18. The van der Waals surface area contributed by atoms with Crippen molar-refractivity contribution in [2.45, 2.75) is 27.7 Å². The van der Waals surface area contributed by atoms with Crippen molar-refractivity contribution in [1.29, 1.82) is 10.5 Å². The van der Waals surface area contributed by atoms with Crippen LogP contribution in [-0.2, 0) is 0 Å². The Kier molecular flexibility index (Phi) is 9.48. The molecule has 0 N–H and O–H groups in total. The molecule has 10 aromatic carbocycles. The minimum absolute atomic E-state index is 0.609. The maximum absolute atomic E-state index is 10.2. The highest BCUT2D eigenvalue weighted by Crippen LogP contribution is 2.50. The summed E-state index contributed by atoms with van der Waals surface area (Å²) in [6.45, 7) is 8.56. The normalized spacial score (nSPS) is 11.2. The molecule has 0 saturated carbocycles. The van der Waals surface area contributed by atoms with Crippen molar-refractivity contribution in [2.24, 2.45) is 0 Å². The summed E-state index contributed by atoms with van der Waals surface area (Å²) >= 11 is 0. The van der Waals surface area contributed by atoms with Gasteiger partial charge in [0, 0.05) is 22.1 Å². The van der Waals surface area contributed by atoms with Gasteiger partial charge in [0.05, 0.1) is 46.0 Å². The number of rotatable bonds is 8. The van der Waals surface area contributed by atoms with Crippen LogP contribution in [0.15, 0.2) is 182 Å². The molecule has 0 aliphatic rings. The molecule has 0 bridgehead atoms. The molecular formula is C58H42N4. The molecule has 294 valence electrons. The second kappa shape index (κ2) is 15.4. The zero-order valence-corrected chi connectivity index (χ0v) is 35.1. The average Bonchev–Trinajstić information content (AvgIpc) is 3.31. The molecule has 0 radical (unpaired) electrons. The molecule has 0 atom stereocenters. The van der Waals surface area contributed by atoms with E-state index in [0.29, 0.717) is 11.1 Å². The van der Waals surface area contributed by atoms with Crippen LogP contribution in [0.1, 0.15) is 33.4 Å². The fourth-order valence-corrected chi connectivity index (χ4v) is 9.10. The lowest BCUT2D eigenvalue weighted by Crippen LogP contribution is -2.14. The summed E-state index contributed by atoms with van der Waals surface area (Å²) in [5, 5.41) is 27.2. The first kappa shape index (κ1) is 38.0. The van der Waals surface area contributed by atoms with Gasteiger partial charge in [-0.3, -0.25) is 0 Å². The van der Waals surface area contributed by atoms with E-state index in [4.69, 9.17) is 0 Å². The molecule has 10 aromatic rings. The van der Waals surface area contributed by atoms with Crippen molar-refractivity contribution >= 4 is 66.4 Å². The maximum Gasteiger partial charge on any atom is 0.0992 e.